The maximum absolute atomic E-state index is 11.8. The van der Waals surface area contributed by atoms with Gasteiger partial charge in [0.15, 0.2) is 5.96 Å². The monoisotopic (exact) mass is 398 g/mol. The molecule has 2 N–H and O–H groups in total. The van der Waals surface area contributed by atoms with E-state index >= 15 is 0 Å². The number of carbonyl (C=O) groups is 1. The van der Waals surface area contributed by atoms with Crippen molar-refractivity contribution >= 4 is 11.9 Å². The number of guanidine groups is 1. The molecule has 3 rings (SSSR count). The van der Waals surface area contributed by atoms with Gasteiger partial charge in [-0.2, -0.15) is 5.10 Å². The smallest absolute Gasteiger partial charge is 0.251 e. The summed E-state index contributed by atoms with van der Waals surface area (Å²) < 4.78 is 7.74. The van der Waals surface area contributed by atoms with Crippen LogP contribution in [0.15, 0.2) is 41.7 Å². The predicted molar refractivity (Wildman–Crippen MR) is 113 cm³/mol. The molecule has 8 nitrogen and oxygen atoms in total. The zero-order valence-corrected chi connectivity index (χ0v) is 17.4. The number of aliphatic imine (C=N–C) groups is 1. The van der Waals surface area contributed by atoms with Crippen LogP contribution in [0.3, 0.4) is 0 Å². The van der Waals surface area contributed by atoms with Crippen LogP contribution in [-0.4, -0.2) is 66.4 Å². The number of aryl methyl sites for hydroxylation is 1. The molecular formula is C21H30N6O2. The number of benzene rings is 1. The Morgan fingerprint density at radius 2 is 2.28 bits per heavy atom. The van der Waals surface area contributed by atoms with Gasteiger partial charge in [0.2, 0.25) is 0 Å². The lowest BCUT2D eigenvalue weighted by atomic mass is 10.1. The van der Waals surface area contributed by atoms with E-state index in [-0.39, 0.29) is 12.0 Å². The predicted octanol–water partition coefficient (Wildman–Crippen LogP) is 1.36. The molecule has 1 amide bonds. The van der Waals surface area contributed by atoms with Crippen molar-refractivity contribution in [3.63, 3.8) is 0 Å². The molecule has 156 valence electrons. The molecule has 1 aromatic heterocycles. The van der Waals surface area contributed by atoms with Crippen LogP contribution in [0.2, 0.25) is 0 Å². The third-order valence-corrected chi connectivity index (χ3v) is 4.88. The highest BCUT2D eigenvalue weighted by Gasteiger charge is 2.25. The highest BCUT2D eigenvalue weighted by Crippen LogP contribution is 2.21. The van der Waals surface area contributed by atoms with Gasteiger partial charge in [-0.3, -0.25) is 14.5 Å². The Labute approximate surface area is 171 Å². The molecule has 0 radical (unpaired) electrons. The molecule has 1 saturated heterocycles. The molecule has 0 bridgehead atoms. The first-order valence-electron chi connectivity index (χ1n) is 10.0. The summed E-state index contributed by atoms with van der Waals surface area (Å²) in [7, 11) is 3.55. The first kappa shape index (κ1) is 20.9. The number of amides is 1. The minimum absolute atomic E-state index is 0.00876. The normalized spacial score (nSPS) is 17.3. The Hall–Kier alpha value is -2.87. The zero-order valence-electron chi connectivity index (χ0n) is 17.4. The van der Waals surface area contributed by atoms with Crippen LogP contribution in [0, 0.1) is 0 Å². The van der Waals surface area contributed by atoms with Crippen molar-refractivity contribution in [2.24, 2.45) is 12.0 Å². The highest BCUT2D eigenvalue weighted by atomic mass is 16.5. The number of morpholine rings is 1. The van der Waals surface area contributed by atoms with Gasteiger partial charge in [0.1, 0.15) is 6.10 Å². The molecule has 0 spiro atoms. The highest BCUT2D eigenvalue weighted by molar-refractivity contribution is 5.94. The van der Waals surface area contributed by atoms with Gasteiger partial charge in [0.25, 0.3) is 5.91 Å². The molecule has 1 unspecified atom stereocenters. The maximum Gasteiger partial charge on any atom is 0.251 e. The maximum atomic E-state index is 11.8. The van der Waals surface area contributed by atoms with Crippen LogP contribution in [0.5, 0.6) is 0 Å². The van der Waals surface area contributed by atoms with Gasteiger partial charge in [0, 0.05) is 51.1 Å². The van der Waals surface area contributed by atoms with E-state index in [2.05, 4.69) is 27.6 Å². The van der Waals surface area contributed by atoms with Crippen LogP contribution in [-0.2, 0) is 18.2 Å². The third-order valence-electron chi connectivity index (χ3n) is 4.88. The summed E-state index contributed by atoms with van der Waals surface area (Å²) in [5.74, 6) is 0.825. The summed E-state index contributed by atoms with van der Waals surface area (Å²) >= 11 is 0. The molecule has 1 aromatic carbocycles. The minimum Gasteiger partial charge on any atom is -0.370 e. The lowest BCUT2D eigenvalue weighted by molar-refractivity contribution is -0.00803. The summed E-state index contributed by atoms with van der Waals surface area (Å²) in [5, 5.41) is 10.3. The van der Waals surface area contributed by atoms with Crippen molar-refractivity contribution in [2.75, 3.05) is 39.8 Å². The molecule has 2 heterocycles. The second kappa shape index (κ2) is 10.1. The van der Waals surface area contributed by atoms with Gasteiger partial charge < -0.3 is 20.3 Å². The fraction of sp³-hybridized carbons (Fsp3) is 0.476. The largest absolute Gasteiger partial charge is 0.370 e. The Morgan fingerprint density at radius 3 is 3.00 bits per heavy atom. The van der Waals surface area contributed by atoms with Gasteiger partial charge in [-0.1, -0.05) is 12.1 Å². The van der Waals surface area contributed by atoms with Gasteiger partial charge >= 0.3 is 0 Å². The SMILES string of the molecule is CCNC(=NCCc1cccc(C(=O)NC)c1)N1CCOC(c2cnn(C)c2)C1. The lowest BCUT2D eigenvalue weighted by Gasteiger charge is -2.34. The first-order valence-corrected chi connectivity index (χ1v) is 10.0. The topological polar surface area (TPSA) is 83.8 Å². The Bertz CT molecular complexity index is 847. The second-order valence-electron chi connectivity index (χ2n) is 7.02. The number of aromatic nitrogens is 2. The van der Waals surface area contributed by atoms with E-state index < -0.39 is 0 Å². The molecule has 2 aromatic rings. The van der Waals surface area contributed by atoms with E-state index in [0.717, 1.165) is 43.1 Å². The van der Waals surface area contributed by atoms with Crippen molar-refractivity contribution in [1.29, 1.82) is 0 Å². The van der Waals surface area contributed by atoms with E-state index in [1.807, 2.05) is 43.7 Å². The fourth-order valence-corrected chi connectivity index (χ4v) is 3.38. The van der Waals surface area contributed by atoms with E-state index in [4.69, 9.17) is 9.73 Å². The van der Waals surface area contributed by atoms with Crippen LogP contribution in [0.1, 0.15) is 34.5 Å². The summed E-state index contributed by atoms with van der Waals surface area (Å²) in [6, 6.07) is 7.69. The van der Waals surface area contributed by atoms with E-state index in [1.54, 1.807) is 11.7 Å². The van der Waals surface area contributed by atoms with Crippen molar-refractivity contribution in [3.05, 3.63) is 53.3 Å². The average Bonchev–Trinajstić information content (AvgIpc) is 3.19. The lowest BCUT2D eigenvalue weighted by Crippen LogP contribution is -2.48. The molecule has 0 aliphatic carbocycles. The Kier molecular flexibility index (Phi) is 7.24. The van der Waals surface area contributed by atoms with E-state index in [1.165, 1.54) is 0 Å². The molecule has 1 aliphatic rings. The van der Waals surface area contributed by atoms with Crippen LogP contribution < -0.4 is 10.6 Å². The van der Waals surface area contributed by atoms with Crippen LogP contribution in [0.4, 0.5) is 0 Å². The zero-order chi connectivity index (χ0) is 20.6. The minimum atomic E-state index is -0.0709. The third kappa shape index (κ3) is 5.57. The number of carbonyl (C=O) groups excluding carboxylic acids is 1. The van der Waals surface area contributed by atoms with Gasteiger partial charge in [-0.15, -0.1) is 0 Å². The Morgan fingerprint density at radius 1 is 1.41 bits per heavy atom. The van der Waals surface area contributed by atoms with E-state index in [9.17, 15) is 4.79 Å². The number of rotatable bonds is 6. The number of nitrogens with one attached hydrogen (secondary N) is 2. The molecule has 1 fully saturated rings. The quantitative estimate of drug-likeness (QED) is 0.567. The van der Waals surface area contributed by atoms with Gasteiger partial charge in [0.05, 0.1) is 19.3 Å². The van der Waals surface area contributed by atoms with Crippen molar-refractivity contribution < 1.29 is 9.53 Å². The summed E-state index contributed by atoms with van der Waals surface area (Å²) in [6.07, 6.45) is 4.62. The van der Waals surface area contributed by atoms with Crippen molar-refractivity contribution in [1.82, 2.24) is 25.3 Å². The van der Waals surface area contributed by atoms with Gasteiger partial charge in [-0.05, 0) is 31.0 Å². The Balaban J connectivity index is 1.64. The molecule has 1 aliphatic heterocycles. The van der Waals surface area contributed by atoms with Crippen LogP contribution in [0.25, 0.3) is 0 Å². The van der Waals surface area contributed by atoms with Crippen LogP contribution >= 0.6 is 0 Å². The number of hydrogen-bond acceptors (Lipinski definition) is 4. The summed E-state index contributed by atoms with van der Waals surface area (Å²) in [5.41, 5.74) is 2.85. The number of nitrogens with zero attached hydrogens (tertiary/aromatic N) is 4. The molecule has 29 heavy (non-hydrogen) atoms. The van der Waals surface area contributed by atoms with Crippen molar-refractivity contribution in [2.45, 2.75) is 19.4 Å². The number of hydrogen-bond donors (Lipinski definition) is 2. The molecule has 0 saturated carbocycles. The molecule has 8 heteroatoms. The molecular weight excluding hydrogens is 368 g/mol. The van der Waals surface area contributed by atoms with E-state index in [0.29, 0.717) is 18.7 Å². The fourth-order valence-electron chi connectivity index (χ4n) is 3.38. The second-order valence-corrected chi connectivity index (χ2v) is 7.02. The number of ether oxygens (including phenoxy) is 1. The summed E-state index contributed by atoms with van der Waals surface area (Å²) in [4.78, 5) is 18.9. The first-order chi connectivity index (χ1) is 14.1. The standard InChI is InChI=1S/C21H30N6O2/c1-4-23-21(24-9-8-16-6-5-7-17(12-16)20(28)22-2)27-10-11-29-19(15-27)18-13-25-26(3)14-18/h5-7,12-14,19H,4,8-11,15H2,1-3H3,(H,22,28)(H,23,24). The van der Waals surface area contributed by atoms with Crippen molar-refractivity contribution in [3.8, 4) is 0 Å². The molecule has 1 atom stereocenters. The van der Waals surface area contributed by atoms with Gasteiger partial charge in [-0.25, -0.2) is 0 Å². The average molecular weight is 399 g/mol. The summed E-state index contributed by atoms with van der Waals surface area (Å²) in [6.45, 7) is 5.71.